The van der Waals surface area contributed by atoms with Gasteiger partial charge >= 0.3 is 0 Å². The van der Waals surface area contributed by atoms with E-state index in [1.54, 1.807) is 11.6 Å². The van der Waals surface area contributed by atoms with Crippen molar-refractivity contribution in [1.82, 2.24) is 20.1 Å². The maximum absolute atomic E-state index is 10.4. The van der Waals surface area contributed by atoms with Crippen LogP contribution < -0.4 is 5.32 Å². The fraction of sp³-hybridized carbons (Fsp3) is 0.833. The second-order valence-corrected chi connectivity index (χ2v) is 4.94. The van der Waals surface area contributed by atoms with Gasteiger partial charge in [-0.05, 0) is 26.3 Å². The van der Waals surface area contributed by atoms with Crippen LogP contribution in [0.5, 0.6) is 0 Å². The van der Waals surface area contributed by atoms with Gasteiger partial charge in [-0.3, -0.25) is 0 Å². The molecule has 98 valence electrons. The van der Waals surface area contributed by atoms with Crippen LogP contribution in [0.4, 0.5) is 0 Å². The summed E-state index contributed by atoms with van der Waals surface area (Å²) in [7, 11) is 0. The molecule has 0 amide bonds. The Bertz CT molecular complexity index is 333. The van der Waals surface area contributed by atoms with E-state index in [9.17, 15) is 5.11 Å². The molecule has 5 nitrogen and oxygen atoms in total. The summed E-state index contributed by atoms with van der Waals surface area (Å²) in [5.74, 6) is 0.657. The highest BCUT2D eigenvalue weighted by atomic mass is 16.3. The average Bonchev–Trinajstić information content (AvgIpc) is 2.66. The topological polar surface area (TPSA) is 63.0 Å². The maximum Gasteiger partial charge on any atom is 0.158 e. The molecule has 1 heterocycles. The number of aromatic nitrogens is 3. The minimum atomic E-state index is -0.923. The Hall–Kier alpha value is -0.940. The molecule has 1 rings (SSSR count). The first-order valence-electron chi connectivity index (χ1n) is 6.31. The number of nitrogens with one attached hydrogen (secondary N) is 1. The first kappa shape index (κ1) is 14.1. The van der Waals surface area contributed by atoms with Crippen molar-refractivity contribution in [3.05, 3.63) is 12.2 Å². The summed E-state index contributed by atoms with van der Waals surface area (Å²) in [6.45, 7) is 9.63. The first-order chi connectivity index (χ1) is 7.97. The van der Waals surface area contributed by atoms with Crippen molar-refractivity contribution >= 4 is 0 Å². The third-order valence-electron chi connectivity index (χ3n) is 2.70. The summed E-state index contributed by atoms with van der Waals surface area (Å²) in [6, 6.07) is 0.430. The molecular weight excluding hydrogens is 216 g/mol. The van der Waals surface area contributed by atoms with Gasteiger partial charge in [0.05, 0.1) is 0 Å². The molecule has 0 aliphatic carbocycles. The summed E-state index contributed by atoms with van der Waals surface area (Å²) < 4.78 is 1.79. The van der Waals surface area contributed by atoms with E-state index in [0.29, 0.717) is 18.3 Å². The molecule has 0 saturated heterocycles. The normalized spacial score (nSPS) is 15.2. The van der Waals surface area contributed by atoms with Gasteiger partial charge in [-0.1, -0.05) is 20.8 Å². The molecule has 0 aromatic carbocycles. The molecule has 0 saturated carbocycles. The first-order valence-corrected chi connectivity index (χ1v) is 6.31. The van der Waals surface area contributed by atoms with Crippen molar-refractivity contribution in [3.63, 3.8) is 0 Å². The lowest BCUT2D eigenvalue weighted by Gasteiger charge is -2.23. The van der Waals surface area contributed by atoms with Crippen molar-refractivity contribution in [1.29, 1.82) is 0 Å². The van der Waals surface area contributed by atoms with Gasteiger partial charge in [0.2, 0.25) is 0 Å². The summed E-state index contributed by atoms with van der Waals surface area (Å²) >= 11 is 0. The molecule has 1 atom stereocenters. The predicted molar refractivity (Wildman–Crippen MR) is 67.6 cm³/mol. The van der Waals surface area contributed by atoms with Crippen molar-refractivity contribution in [2.24, 2.45) is 0 Å². The zero-order valence-corrected chi connectivity index (χ0v) is 11.3. The Morgan fingerprint density at radius 1 is 1.53 bits per heavy atom. The number of rotatable bonds is 7. The van der Waals surface area contributed by atoms with E-state index in [4.69, 9.17) is 0 Å². The molecule has 1 aromatic rings. The Kier molecular flexibility index (Phi) is 5.08. The molecule has 0 aliphatic rings. The number of hydrogen-bond acceptors (Lipinski definition) is 4. The predicted octanol–water partition coefficient (Wildman–Crippen LogP) is 1.28. The Balaban J connectivity index is 2.64. The summed E-state index contributed by atoms with van der Waals surface area (Å²) in [6.07, 6.45) is 3.12. The van der Waals surface area contributed by atoms with Gasteiger partial charge in [-0.25, -0.2) is 9.67 Å². The van der Waals surface area contributed by atoms with E-state index in [0.717, 1.165) is 19.5 Å². The minimum absolute atomic E-state index is 0.430. The molecule has 2 N–H and O–H groups in total. The number of nitrogens with zero attached hydrogens (tertiary/aromatic N) is 3. The van der Waals surface area contributed by atoms with E-state index in [2.05, 4.69) is 36.2 Å². The molecular formula is C12H24N4O. The van der Waals surface area contributed by atoms with E-state index in [1.807, 2.05) is 0 Å². The maximum atomic E-state index is 10.4. The molecule has 1 aromatic heterocycles. The Morgan fingerprint density at radius 2 is 2.24 bits per heavy atom. The molecule has 0 fully saturated rings. The molecule has 5 heteroatoms. The van der Waals surface area contributed by atoms with Gasteiger partial charge in [0, 0.05) is 12.6 Å². The lowest BCUT2D eigenvalue weighted by Crippen LogP contribution is -2.33. The molecule has 1 unspecified atom stereocenters. The largest absolute Gasteiger partial charge is 0.382 e. The summed E-state index contributed by atoms with van der Waals surface area (Å²) in [5.41, 5.74) is -0.923. The molecule has 0 spiro atoms. The van der Waals surface area contributed by atoms with Crippen LogP contribution in [-0.2, 0) is 12.1 Å². The van der Waals surface area contributed by atoms with E-state index in [-0.39, 0.29) is 0 Å². The zero-order valence-electron chi connectivity index (χ0n) is 11.3. The van der Waals surface area contributed by atoms with E-state index >= 15 is 0 Å². The fourth-order valence-corrected chi connectivity index (χ4v) is 1.77. The average molecular weight is 240 g/mol. The van der Waals surface area contributed by atoms with E-state index in [1.165, 1.54) is 6.33 Å². The molecule has 0 radical (unpaired) electrons. The van der Waals surface area contributed by atoms with Crippen LogP contribution in [0.2, 0.25) is 0 Å². The highest BCUT2D eigenvalue weighted by Gasteiger charge is 2.28. The van der Waals surface area contributed by atoms with Crippen molar-refractivity contribution in [2.45, 2.75) is 58.7 Å². The Labute approximate surface area is 103 Å². The van der Waals surface area contributed by atoms with Crippen molar-refractivity contribution in [3.8, 4) is 0 Å². The highest BCUT2D eigenvalue weighted by molar-refractivity contribution is 4.99. The Morgan fingerprint density at radius 3 is 2.82 bits per heavy atom. The van der Waals surface area contributed by atoms with Gasteiger partial charge in [-0.15, -0.1) is 0 Å². The zero-order chi connectivity index (χ0) is 12.9. The standard InChI is InChI=1S/C12H24N4O/c1-5-8-16-11(14-9-15-16)12(4,17)6-7-13-10(2)3/h9-10,13,17H,5-8H2,1-4H3. The van der Waals surface area contributed by atoms with Crippen LogP contribution in [0.3, 0.4) is 0 Å². The van der Waals surface area contributed by atoms with Crippen LogP contribution in [0.15, 0.2) is 6.33 Å². The number of aryl methyl sites for hydroxylation is 1. The monoisotopic (exact) mass is 240 g/mol. The van der Waals surface area contributed by atoms with Crippen molar-refractivity contribution in [2.75, 3.05) is 6.54 Å². The van der Waals surface area contributed by atoms with Crippen molar-refractivity contribution < 1.29 is 5.11 Å². The van der Waals surface area contributed by atoms with Gasteiger partial charge in [-0.2, -0.15) is 5.10 Å². The molecule has 0 aliphatic heterocycles. The minimum Gasteiger partial charge on any atom is -0.382 e. The third kappa shape index (κ3) is 4.09. The third-order valence-corrected chi connectivity index (χ3v) is 2.70. The van der Waals surface area contributed by atoms with Gasteiger partial charge in [0.25, 0.3) is 0 Å². The van der Waals surface area contributed by atoms with Gasteiger partial charge in [0.1, 0.15) is 11.9 Å². The lowest BCUT2D eigenvalue weighted by molar-refractivity contribution is 0.0335. The van der Waals surface area contributed by atoms with Crippen LogP contribution in [0, 0.1) is 0 Å². The van der Waals surface area contributed by atoms with E-state index < -0.39 is 5.60 Å². The highest BCUT2D eigenvalue weighted by Crippen LogP contribution is 2.21. The van der Waals surface area contributed by atoms with Crippen LogP contribution in [0.25, 0.3) is 0 Å². The quantitative estimate of drug-likeness (QED) is 0.753. The van der Waals surface area contributed by atoms with Crippen LogP contribution >= 0.6 is 0 Å². The number of aliphatic hydroxyl groups is 1. The van der Waals surface area contributed by atoms with Gasteiger partial charge in [0.15, 0.2) is 5.82 Å². The van der Waals surface area contributed by atoms with Crippen LogP contribution in [-0.4, -0.2) is 32.5 Å². The summed E-state index contributed by atoms with van der Waals surface area (Å²) in [5, 5.41) is 17.9. The van der Waals surface area contributed by atoms with Gasteiger partial charge < -0.3 is 10.4 Å². The fourth-order valence-electron chi connectivity index (χ4n) is 1.77. The second kappa shape index (κ2) is 6.12. The smallest absolute Gasteiger partial charge is 0.158 e. The molecule has 17 heavy (non-hydrogen) atoms. The lowest BCUT2D eigenvalue weighted by atomic mass is 10.0. The van der Waals surface area contributed by atoms with Crippen LogP contribution in [0.1, 0.15) is 46.4 Å². The number of hydrogen-bond donors (Lipinski definition) is 2. The SMILES string of the molecule is CCCn1ncnc1C(C)(O)CCNC(C)C. The summed E-state index contributed by atoms with van der Waals surface area (Å²) in [4.78, 5) is 4.18. The molecule has 0 bridgehead atoms. The second-order valence-electron chi connectivity index (χ2n) is 4.94.